The fourth-order valence-corrected chi connectivity index (χ4v) is 3.19. The minimum absolute atomic E-state index is 0.00551. The highest BCUT2D eigenvalue weighted by molar-refractivity contribution is 5.73. The Morgan fingerprint density at radius 2 is 1.96 bits per heavy atom. The molecule has 5 atom stereocenters. The van der Waals surface area contributed by atoms with Gasteiger partial charge in [0.2, 0.25) is 5.91 Å². The molecule has 6 heteroatoms. The third kappa shape index (κ3) is 4.10. The lowest BCUT2D eigenvalue weighted by Gasteiger charge is -2.44. The zero-order valence-corrected chi connectivity index (χ0v) is 15.3. The topological polar surface area (TPSA) is 69.0 Å². The third-order valence-corrected chi connectivity index (χ3v) is 4.92. The van der Waals surface area contributed by atoms with Crippen molar-refractivity contribution in [3.8, 4) is 0 Å². The molecule has 0 spiro atoms. The van der Waals surface area contributed by atoms with Crippen LogP contribution in [0.2, 0.25) is 0 Å². The lowest BCUT2D eigenvalue weighted by atomic mass is 9.80. The monoisotopic (exact) mass is 322 g/mol. The molecule has 1 aliphatic heterocycles. The molecule has 0 saturated carbocycles. The number of nitrogens with zero attached hydrogens (tertiary/aromatic N) is 3. The maximum atomic E-state index is 11.4. The zero-order valence-electron chi connectivity index (χ0n) is 15.3. The molecule has 0 bridgehead atoms. The average Bonchev–Trinajstić information content (AvgIpc) is 2.89. The second-order valence-electron chi connectivity index (χ2n) is 7.90. The fraction of sp³-hybridized carbons (Fsp3) is 0.824. The van der Waals surface area contributed by atoms with Crippen molar-refractivity contribution in [1.29, 1.82) is 0 Å². The number of amides is 1. The second-order valence-corrected chi connectivity index (χ2v) is 7.90. The van der Waals surface area contributed by atoms with E-state index in [-0.39, 0.29) is 29.6 Å². The summed E-state index contributed by atoms with van der Waals surface area (Å²) in [6, 6.07) is 0.0552. The van der Waals surface area contributed by atoms with Crippen LogP contribution in [0.1, 0.15) is 54.2 Å². The van der Waals surface area contributed by atoms with Crippen LogP contribution in [0.3, 0.4) is 0 Å². The first-order valence-corrected chi connectivity index (χ1v) is 8.42. The van der Waals surface area contributed by atoms with Crippen molar-refractivity contribution >= 4 is 5.91 Å². The van der Waals surface area contributed by atoms with Crippen LogP contribution >= 0.6 is 0 Å². The van der Waals surface area contributed by atoms with Crippen molar-refractivity contribution in [2.75, 3.05) is 0 Å². The summed E-state index contributed by atoms with van der Waals surface area (Å²) < 4.78 is 8.05. The van der Waals surface area contributed by atoms with Gasteiger partial charge in [-0.05, 0) is 18.8 Å². The van der Waals surface area contributed by atoms with E-state index in [1.165, 1.54) is 0 Å². The molecule has 1 saturated heterocycles. The van der Waals surface area contributed by atoms with Gasteiger partial charge in [0.05, 0.1) is 30.5 Å². The molecule has 1 N–H and O–H groups in total. The summed E-state index contributed by atoms with van der Waals surface area (Å²) in [5, 5.41) is 11.5. The van der Waals surface area contributed by atoms with Gasteiger partial charge in [0.1, 0.15) is 0 Å². The lowest BCUT2D eigenvalue weighted by Crippen LogP contribution is -2.56. The number of nitrogens with one attached hydrogen (secondary N) is 1. The molecule has 0 aliphatic carbocycles. The number of carbonyl (C=O) groups is 1. The molecule has 130 valence electrons. The van der Waals surface area contributed by atoms with Gasteiger partial charge in [0.15, 0.2) is 0 Å². The first-order valence-electron chi connectivity index (χ1n) is 8.42. The Labute approximate surface area is 139 Å². The quantitative estimate of drug-likeness (QED) is 0.925. The number of hydrogen-bond acceptors (Lipinski definition) is 4. The van der Waals surface area contributed by atoms with Crippen molar-refractivity contribution < 1.29 is 9.53 Å². The van der Waals surface area contributed by atoms with Gasteiger partial charge in [-0.25, -0.2) is 4.68 Å². The summed E-state index contributed by atoms with van der Waals surface area (Å²) >= 11 is 0. The Kier molecular flexibility index (Phi) is 5.14. The first kappa shape index (κ1) is 17.9. The number of rotatable bonds is 3. The molecule has 6 nitrogen and oxygen atoms in total. The summed E-state index contributed by atoms with van der Waals surface area (Å²) in [4.78, 5) is 11.4. The molecular weight excluding hydrogens is 292 g/mol. The van der Waals surface area contributed by atoms with Crippen LogP contribution < -0.4 is 5.32 Å². The minimum atomic E-state index is -0.0132. The van der Waals surface area contributed by atoms with Crippen molar-refractivity contribution in [3.63, 3.8) is 0 Å². The summed E-state index contributed by atoms with van der Waals surface area (Å²) in [5.74, 6) is 0.664. The lowest BCUT2D eigenvalue weighted by molar-refractivity contribution is -0.135. The van der Waals surface area contributed by atoms with Crippen LogP contribution in [-0.2, 0) is 21.5 Å². The Bertz CT molecular complexity index is 549. The zero-order chi connectivity index (χ0) is 17.4. The van der Waals surface area contributed by atoms with E-state index in [9.17, 15) is 4.79 Å². The van der Waals surface area contributed by atoms with Crippen LogP contribution in [0, 0.1) is 11.8 Å². The molecule has 1 aliphatic rings. The summed E-state index contributed by atoms with van der Waals surface area (Å²) in [5.41, 5.74) is 0.979. The van der Waals surface area contributed by atoms with Crippen LogP contribution in [-0.4, -0.2) is 39.2 Å². The predicted molar refractivity (Wildman–Crippen MR) is 89.0 cm³/mol. The largest absolute Gasteiger partial charge is 0.371 e. The van der Waals surface area contributed by atoms with Gasteiger partial charge in [-0.1, -0.05) is 39.8 Å². The maximum absolute atomic E-state index is 11.4. The van der Waals surface area contributed by atoms with Crippen LogP contribution in [0.15, 0.2) is 6.20 Å². The predicted octanol–water partition coefficient (Wildman–Crippen LogP) is 2.14. The van der Waals surface area contributed by atoms with Gasteiger partial charge in [-0.2, -0.15) is 0 Å². The SMILES string of the molecule is CC(=O)NC1C(C)OC(Cn2cc(C(C)(C)C)nn2)C(C)C1C. The Hall–Kier alpha value is -1.43. The van der Waals surface area contributed by atoms with Gasteiger partial charge >= 0.3 is 0 Å². The van der Waals surface area contributed by atoms with E-state index in [4.69, 9.17) is 4.74 Å². The summed E-state index contributed by atoms with van der Waals surface area (Å²) in [7, 11) is 0. The Balaban J connectivity index is 2.07. The maximum Gasteiger partial charge on any atom is 0.217 e. The van der Waals surface area contributed by atoms with E-state index >= 15 is 0 Å². The molecule has 23 heavy (non-hydrogen) atoms. The van der Waals surface area contributed by atoms with Gasteiger partial charge in [0.25, 0.3) is 0 Å². The fourth-order valence-electron chi connectivity index (χ4n) is 3.19. The van der Waals surface area contributed by atoms with E-state index < -0.39 is 0 Å². The molecule has 0 radical (unpaired) electrons. The molecule has 1 fully saturated rings. The molecule has 5 unspecified atom stereocenters. The molecule has 1 aromatic heterocycles. The minimum Gasteiger partial charge on any atom is -0.371 e. The Morgan fingerprint density at radius 1 is 1.30 bits per heavy atom. The van der Waals surface area contributed by atoms with Gasteiger partial charge in [-0.3, -0.25) is 4.79 Å². The normalized spacial score (nSPS) is 31.9. The molecule has 2 rings (SSSR count). The van der Waals surface area contributed by atoms with E-state index in [0.717, 1.165) is 5.69 Å². The summed E-state index contributed by atoms with van der Waals surface area (Å²) in [6.07, 6.45) is 2.06. The highest BCUT2D eigenvalue weighted by Crippen LogP contribution is 2.31. The summed E-state index contributed by atoms with van der Waals surface area (Å²) in [6.45, 7) is 15.0. The molecule has 1 amide bonds. The standard InChI is InChI=1S/C17H30N4O2/c1-10-11(2)16(18-13(4)22)12(3)23-14(10)8-21-9-15(19-20-21)17(5,6)7/h9-12,14,16H,8H2,1-7H3,(H,18,22). The van der Waals surface area contributed by atoms with Crippen molar-refractivity contribution in [2.24, 2.45) is 11.8 Å². The van der Waals surface area contributed by atoms with E-state index in [0.29, 0.717) is 18.4 Å². The van der Waals surface area contributed by atoms with Crippen LogP contribution in [0.25, 0.3) is 0 Å². The van der Waals surface area contributed by atoms with Gasteiger partial charge < -0.3 is 10.1 Å². The van der Waals surface area contributed by atoms with E-state index in [1.54, 1.807) is 6.92 Å². The number of aromatic nitrogens is 3. The molecule has 1 aromatic rings. The highest BCUT2D eigenvalue weighted by Gasteiger charge is 2.40. The number of ether oxygens (including phenoxy) is 1. The van der Waals surface area contributed by atoms with Crippen molar-refractivity contribution in [1.82, 2.24) is 20.3 Å². The van der Waals surface area contributed by atoms with Crippen LogP contribution in [0.5, 0.6) is 0 Å². The highest BCUT2D eigenvalue weighted by atomic mass is 16.5. The number of hydrogen-bond donors (Lipinski definition) is 1. The number of carbonyl (C=O) groups excluding carboxylic acids is 1. The van der Waals surface area contributed by atoms with E-state index in [1.807, 2.05) is 17.8 Å². The second kappa shape index (κ2) is 6.59. The molecule has 0 aromatic carbocycles. The van der Waals surface area contributed by atoms with E-state index in [2.05, 4.69) is 50.2 Å². The van der Waals surface area contributed by atoms with Crippen molar-refractivity contribution in [3.05, 3.63) is 11.9 Å². The van der Waals surface area contributed by atoms with Gasteiger partial charge in [0, 0.05) is 18.5 Å². The van der Waals surface area contributed by atoms with Crippen molar-refractivity contribution in [2.45, 2.75) is 78.7 Å². The Morgan fingerprint density at radius 3 is 2.48 bits per heavy atom. The average molecular weight is 322 g/mol. The third-order valence-electron chi connectivity index (χ3n) is 4.92. The molecule has 2 heterocycles. The first-order chi connectivity index (χ1) is 10.6. The smallest absolute Gasteiger partial charge is 0.217 e. The van der Waals surface area contributed by atoms with Crippen LogP contribution in [0.4, 0.5) is 0 Å². The van der Waals surface area contributed by atoms with Gasteiger partial charge in [-0.15, -0.1) is 5.10 Å². The molecular formula is C17H30N4O2.